The van der Waals surface area contributed by atoms with Crippen LogP contribution in [-0.4, -0.2) is 16.7 Å². The second kappa shape index (κ2) is 9.08. The zero-order chi connectivity index (χ0) is 22.7. The van der Waals surface area contributed by atoms with E-state index in [1.807, 2.05) is 18.2 Å². The summed E-state index contributed by atoms with van der Waals surface area (Å²) < 4.78 is 47.1. The van der Waals surface area contributed by atoms with Crippen LogP contribution in [0.4, 0.5) is 13.2 Å². The molecule has 4 rings (SSSR count). The third kappa shape index (κ3) is 4.50. The molecule has 4 aromatic rings. The van der Waals surface area contributed by atoms with E-state index in [9.17, 15) is 18.0 Å². The van der Waals surface area contributed by atoms with Crippen LogP contribution in [-0.2, 0) is 18.5 Å². The third-order valence-electron chi connectivity index (χ3n) is 5.03. The molecule has 0 fully saturated rings. The van der Waals surface area contributed by atoms with Crippen LogP contribution in [0, 0.1) is 0 Å². The standard InChI is InChI=1S/C24H19F3N2O2S/c1-31-21-13-7-3-8-16(21)14-29-22(30)18-10-4-6-12-20(18)28-23(29)32-15-17-9-2-5-11-19(17)24(25,26)27/h2-13H,14-15H2,1H3. The first-order chi connectivity index (χ1) is 15.4. The Balaban J connectivity index is 1.77. The lowest BCUT2D eigenvalue weighted by Gasteiger charge is -2.16. The molecule has 0 unspecified atom stereocenters. The van der Waals surface area contributed by atoms with E-state index < -0.39 is 11.7 Å². The predicted molar refractivity (Wildman–Crippen MR) is 119 cm³/mol. The largest absolute Gasteiger partial charge is 0.496 e. The number of methoxy groups -OCH3 is 1. The van der Waals surface area contributed by atoms with Gasteiger partial charge in [-0.25, -0.2) is 4.98 Å². The van der Waals surface area contributed by atoms with Crippen molar-refractivity contribution in [1.82, 2.24) is 9.55 Å². The number of hydrogen-bond donors (Lipinski definition) is 0. The number of alkyl halides is 3. The highest BCUT2D eigenvalue weighted by Crippen LogP contribution is 2.34. The van der Waals surface area contributed by atoms with E-state index in [2.05, 4.69) is 4.98 Å². The molecule has 1 aromatic heterocycles. The summed E-state index contributed by atoms with van der Waals surface area (Å²) in [5, 5.41) is 0.791. The number of para-hydroxylation sites is 2. The van der Waals surface area contributed by atoms with Crippen LogP contribution < -0.4 is 10.3 Å². The van der Waals surface area contributed by atoms with Crippen LogP contribution >= 0.6 is 11.8 Å². The van der Waals surface area contributed by atoms with Crippen molar-refractivity contribution >= 4 is 22.7 Å². The molecule has 4 nitrogen and oxygen atoms in total. The molecule has 0 saturated carbocycles. The molecular weight excluding hydrogens is 437 g/mol. The number of thioether (sulfide) groups is 1. The first kappa shape index (κ1) is 22.0. The average molecular weight is 456 g/mol. The molecule has 0 aliphatic carbocycles. The van der Waals surface area contributed by atoms with Gasteiger partial charge in [-0.3, -0.25) is 9.36 Å². The van der Waals surface area contributed by atoms with Gasteiger partial charge < -0.3 is 4.74 Å². The van der Waals surface area contributed by atoms with Crippen molar-refractivity contribution in [3.8, 4) is 5.75 Å². The molecule has 0 amide bonds. The van der Waals surface area contributed by atoms with Gasteiger partial charge in [0.25, 0.3) is 5.56 Å². The Morgan fingerprint density at radius 2 is 1.59 bits per heavy atom. The minimum atomic E-state index is -4.45. The van der Waals surface area contributed by atoms with Crippen LogP contribution in [0.25, 0.3) is 10.9 Å². The van der Waals surface area contributed by atoms with E-state index in [1.54, 1.807) is 43.5 Å². The number of hydrogen-bond acceptors (Lipinski definition) is 4. The molecule has 0 aliphatic heterocycles. The topological polar surface area (TPSA) is 44.1 Å². The minimum absolute atomic E-state index is 0.0202. The summed E-state index contributed by atoms with van der Waals surface area (Å²) in [4.78, 5) is 17.9. The summed E-state index contributed by atoms with van der Waals surface area (Å²) in [5.41, 5.74) is 0.461. The zero-order valence-electron chi connectivity index (χ0n) is 17.1. The summed E-state index contributed by atoms with van der Waals surface area (Å²) in [6.45, 7) is 0.184. The van der Waals surface area contributed by atoms with Gasteiger partial charge in [0.2, 0.25) is 0 Å². The molecule has 3 aromatic carbocycles. The van der Waals surface area contributed by atoms with Crippen molar-refractivity contribution in [2.45, 2.75) is 23.6 Å². The van der Waals surface area contributed by atoms with Crippen molar-refractivity contribution in [2.75, 3.05) is 7.11 Å². The predicted octanol–water partition coefficient (Wildman–Crippen LogP) is 5.76. The van der Waals surface area contributed by atoms with E-state index in [4.69, 9.17) is 4.74 Å². The van der Waals surface area contributed by atoms with Gasteiger partial charge in [-0.1, -0.05) is 60.3 Å². The quantitative estimate of drug-likeness (QED) is 0.273. The van der Waals surface area contributed by atoms with Gasteiger partial charge in [0, 0.05) is 11.3 Å². The van der Waals surface area contributed by atoms with Crippen LogP contribution in [0.3, 0.4) is 0 Å². The molecule has 0 spiro atoms. The number of rotatable bonds is 6. The maximum absolute atomic E-state index is 13.4. The number of nitrogens with zero attached hydrogens (tertiary/aromatic N) is 2. The second-order valence-electron chi connectivity index (χ2n) is 7.06. The van der Waals surface area contributed by atoms with Crippen LogP contribution in [0.2, 0.25) is 0 Å². The number of benzene rings is 3. The Kier molecular flexibility index (Phi) is 6.23. The Morgan fingerprint density at radius 1 is 0.938 bits per heavy atom. The van der Waals surface area contributed by atoms with Crippen molar-refractivity contribution in [2.24, 2.45) is 0 Å². The Hall–Kier alpha value is -3.26. The minimum Gasteiger partial charge on any atom is -0.496 e. The highest BCUT2D eigenvalue weighted by molar-refractivity contribution is 7.98. The Bertz CT molecular complexity index is 1320. The highest BCUT2D eigenvalue weighted by Gasteiger charge is 2.32. The number of aromatic nitrogens is 2. The van der Waals surface area contributed by atoms with E-state index in [0.29, 0.717) is 21.8 Å². The van der Waals surface area contributed by atoms with Gasteiger partial charge in [0.1, 0.15) is 5.75 Å². The van der Waals surface area contributed by atoms with Crippen LogP contribution in [0.1, 0.15) is 16.7 Å². The fourth-order valence-electron chi connectivity index (χ4n) is 3.47. The van der Waals surface area contributed by atoms with Crippen molar-refractivity contribution < 1.29 is 17.9 Å². The van der Waals surface area contributed by atoms with Crippen molar-refractivity contribution in [1.29, 1.82) is 0 Å². The Labute approximate surface area is 186 Å². The molecular formula is C24H19F3N2O2S. The van der Waals surface area contributed by atoms with E-state index >= 15 is 0 Å². The maximum Gasteiger partial charge on any atom is 0.416 e. The lowest BCUT2D eigenvalue weighted by atomic mass is 10.1. The van der Waals surface area contributed by atoms with E-state index in [1.165, 1.54) is 16.7 Å². The molecule has 164 valence electrons. The smallest absolute Gasteiger partial charge is 0.416 e. The molecule has 1 heterocycles. The summed E-state index contributed by atoms with van der Waals surface area (Å²) in [7, 11) is 1.55. The van der Waals surface area contributed by atoms with Crippen LogP contribution in [0.15, 0.2) is 82.7 Å². The zero-order valence-corrected chi connectivity index (χ0v) is 17.9. The molecule has 0 bridgehead atoms. The second-order valence-corrected chi connectivity index (χ2v) is 8.00. The molecule has 0 N–H and O–H groups in total. The fourth-order valence-corrected chi connectivity index (χ4v) is 4.47. The lowest BCUT2D eigenvalue weighted by Crippen LogP contribution is -2.24. The van der Waals surface area contributed by atoms with Gasteiger partial charge in [0.05, 0.1) is 30.1 Å². The summed E-state index contributed by atoms with van der Waals surface area (Å²) in [6.07, 6.45) is -4.45. The third-order valence-corrected chi connectivity index (χ3v) is 6.05. The molecule has 0 atom stereocenters. The van der Waals surface area contributed by atoms with E-state index in [0.717, 1.165) is 23.4 Å². The molecule has 32 heavy (non-hydrogen) atoms. The first-order valence-electron chi connectivity index (χ1n) is 9.78. The lowest BCUT2D eigenvalue weighted by molar-refractivity contribution is -0.138. The van der Waals surface area contributed by atoms with Gasteiger partial charge in [-0.05, 0) is 29.8 Å². The maximum atomic E-state index is 13.4. The number of fused-ring (bicyclic) bond motifs is 1. The molecule has 0 saturated heterocycles. The average Bonchev–Trinajstić information content (AvgIpc) is 2.79. The Morgan fingerprint density at radius 3 is 2.34 bits per heavy atom. The van der Waals surface area contributed by atoms with Gasteiger partial charge in [-0.15, -0.1) is 0 Å². The van der Waals surface area contributed by atoms with Gasteiger partial charge in [-0.2, -0.15) is 13.2 Å². The number of halogens is 3. The summed E-state index contributed by atoms with van der Waals surface area (Å²) in [5.74, 6) is 0.637. The van der Waals surface area contributed by atoms with Gasteiger partial charge in [0.15, 0.2) is 5.16 Å². The monoisotopic (exact) mass is 456 g/mol. The van der Waals surface area contributed by atoms with E-state index in [-0.39, 0.29) is 23.4 Å². The fraction of sp³-hybridized carbons (Fsp3) is 0.167. The number of ether oxygens (including phenoxy) is 1. The molecule has 0 radical (unpaired) electrons. The normalized spacial score (nSPS) is 11.6. The van der Waals surface area contributed by atoms with Crippen LogP contribution in [0.5, 0.6) is 5.75 Å². The summed E-state index contributed by atoms with van der Waals surface area (Å²) >= 11 is 1.10. The molecule has 8 heteroatoms. The summed E-state index contributed by atoms with van der Waals surface area (Å²) in [6, 6.07) is 19.7. The SMILES string of the molecule is COc1ccccc1Cn1c(SCc2ccccc2C(F)(F)F)nc2ccccc2c1=O. The first-order valence-corrected chi connectivity index (χ1v) is 10.8. The van der Waals surface area contributed by atoms with Crippen molar-refractivity contribution in [3.63, 3.8) is 0 Å². The van der Waals surface area contributed by atoms with Crippen molar-refractivity contribution in [3.05, 3.63) is 99.8 Å². The molecule has 0 aliphatic rings. The highest BCUT2D eigenvalue weighted by atomic mass is 32.2. The van der Waals surface area contributed by atoms with Gasteiger partial charge >= 0.3 is 6.18 Å².